The topological polar surface area (TPSA) is 56.3 Å². The van der Waals surface area contributed by atoms with Crippen LogP contribution in [0.2, 0.25) is 0 Å². The number of ketones is 1. The Bertz CT molecular complexity index is 426. The maximum absolute atomic E-state index is 11.2. The van der Waals surface area contributed by atoms with E-state index in [1.165, 1.54) is 7.11 Å². The molecule has 1 heterocycles. The van der Waals surface area contributed by atoms with Gasteiger partial charge in [0, 0.05) is 18.5 Å². The predicted molar refractivity (Wildman–Crippen MR) is 52.6 cm³/mol. The van der Waals surface area contributed by atoms with Gasteiger partial charge in [0.2, 0.25) is 0 Å². The second kappa shape index (κ2) is 3.81. The molecular formula is C11H11NO3. The number of ether oxygens (including phenoxy) is 1. The van der Waals surface area contributed by atoms with Gasteiger partial charge in [0.1, 0.15) is 11.5 Å². The van der Waals surface area contributed by atoms with Gasteiger partial charge in [-0.25, -0.2) is 9.78 Å². The fraction of sp³-hybridized carbons (Fsp3) is 0.364. The van der Waals surface area contributed by atoms with E-state index in [0.29, 0.717) is 25.0 Å². The molecule has 4 nitrogen and oxygen atoms in total. The van der Waals surface area contributed by atoms with Crippen LogP contribution in [0, 0.1) is 0 Å². The van der Waals surface area contributed by atoms with Crippen LogP contribution < -0.4 is 0 Å². The number of aryl methyl sites for hydroxylation is 1. The van der Waals surface area contributed by atoms with Gasteiger partial charge in [-0.05, 0) is 18.1 Å². The van der Waals surface area contributed by atoms with Crippen molar-refractivity contribution in [3.8, 4) is 0 Å². The molecule has 0 saturated carbocycles. The number of carbonyl (C=O) groups excluding carboxylic acids is 2. The maximum Gasteiger partial charge on any atom is 0.356 e. The molecular weight excluding hydrogens is 194 g/mol. The zero-order valence-electron chi connectivity index (χ0n) is 8.45. The maximum atomic E-state index is 11.2. The van der Waals surface area contributed by atoms with E-state index in [1.807, 2.05) is 0 Å². The minimum atomic E-state index is -0.435. The second-order valence-electron chi connectivity index (χ2n) is 3.51. The van der Waals surface area contributed by atoms with E-state index in [9.17, 15) is 9.59 Å². The Balaban J connectivity index is 2.34. The van der Waals surface area contributed by atoms with Gasteiger partial charge in [-0.1, -0.05) is 6.07 Å². The molecule has 1 aromatic heterocycles. The average Bonchev–Trinajstić information content (AvgIpc) is 2.27. The molecule has 0 bridgehead atoms. The number of hydrogen-bond donors (Lipinski definition) is 0. The van der Waals surface area contributed by atoms with Crippen molar-refractivity contribution in [2.24, 2.45) is 0 Å². The molecule has 0 radical (unpaired) electrons. The molecule has 1 aliphatic rings. The predicted octanol–water partition coefficient (Wildman–Crippen LogP) is 0.926. The van der Waals surface area contributed by atoms with E-state index in [1.54, 1.807) is 12.1 Å². The summed E-state index contributed by atoms with van der Waals surface area (Å²) in [6.07, 6.45) is 1.58. The normalized spacial score (nSPS) is 14.6. The molecule has 0 aliphatic heterocycles. The SMILES string of the molecule is COC(=O)c1ccc2c(n1)CCC(=O)C2. The van der Waals surface area contributed by atoms with Gasteiger partial charge in [-0.15, -0.1) is 0 Å². The molecule has 0 unspecified atom stereocenters. The Morgan fingerprint density at radius 2 is 2.20 bits per heavy atom. The lowest BCUT2D eigenvalue weighted by Crippen LogP contribution is -2.16. The van der Waals surface area contributed by atoms with E-state index >= 15 is 0 Å². The lowest BCUT2D eigenvalue weighted by molar-refractivity contribution is -0.118. The lowest BCUT2D eigenvalue weighted by atomic mass is 9.95. The highest BCUT2D eigenvalue weighted by Gasteiger charge is 2.18. The third-order valence-corrected chi connectivity index (χ3v) is 2.49. The molecule has 0 atom stereocenters. The summed E-state index contributed by atoms with van der Waals surface area (Å²) in [5, 5.41) is 0. The Labute approximate surface area is 87.3 Å². The summed E-state index contributed by atoms with van der Waals surface area (Å²) >= 11 is 0. The first-order valence-electron chi connectivity index (χ1n) is 4.79. The lowest BCUT2D eigenvalue weighted by Gasteiger charge is -2.13. The second-order valence-corrected chi connectivity index (χ2v) is 3.51. The molecule has 2 rings (SSSR count). The van der Waals surface area contributed by atoms with Gasteiger partial charge in [0.25, 0.3) is 0 Å². The Morgan fingerprint density at radius 1 is 1.40 bits per heavy atom. The van der Waals surface area contributed by atoms with E-state index in [2.05, 4.69) is 9.72 Å². The third-order valence-electron chi connectivity index (χ3n) is 2.49. The van der Waals surface area contributed by atoms with Gasteiger partial charge >= 0.3 is 5.97 Å². The smallest absolute Gasteiger partial charge is 0.356 e. The standard InChI is InChI=1S/C11H11NO3/c1-15-11(14)10-4-2-7-6-8(13)3-5-9(7)12-10/h2,4H,3,5-6H2,1H3. The molecule has 0 aromatic carbocycles. The van der Waals surface area contributed by atoms with Crippen LogP contribution in [0.4, 0.5) is 0 Å². The molecule has 0 saturated heterocycles. The van der Waals surface area contributed by atoms with Gasteiger partial charge in [-0.3, -0.25) is 4.79 Å². The summed E-state index contributed by atoms with van der Waals surface area (Å²) in [5.41, 5.74) is 2.09. The average molecular weight is 205 g/mol. The molecule has 1 aromatic rings. The van der Waals surface area contributed by atoms with Crippen molar-refractivity contribution in [3.63, 3.8) is 0 Å². The minimum Gasteiger partial charge on any atom is -0.464 e. The first-order chi connectivity index (χ1) is 7.20. The van der Waals surface area contributed by atoms with Gasteiger partial charge < -0.3 is 4.74 Å². The largest absolute Gasteiger partial charge is 0.464 e. The van der Waals surface area contributed by atoms with Crippen LogP contribution in [0.1, 0.15) is 28.2 Å². The number of pyridine rings is 1. The summed E-state index contributed by atoms with van der Waals surface area (Å²) in [7, 11) is 1.33. The zero-order valence-corrected chi connectivity index (χ0v) is 8.45. The number of aromatic nitrogens is 1. The molecule has 4 heteroatoms. The van der Waals surface area contributed by atoms with Crippen LogP contribution in [-0.2, 0) is 22.4 Å². The van der Waals surface area contributed by atoms with Crippen LogP contribution in [0.3, 0.4) is 0 Å². The highest BCUT2D eigenvalue weighted by Crippen LogP contribution is 2.17. The van der Waals surface area contributed by atoms with Crippen molar-refractivity contribution in [2.75, 3.05) is 7.11 Å². The molecule has 78 valence electrons. The number of esters is 1. The number of methoxy groups -OCH3 is 1. The van der Waals surface area contributed by atoms with E-state index in [0.717, 1.165) is 11.3 Å². The van der Waals surface area contributed by atoms with Gasteiger partial charge in [0.15, 0.2) is 0 Å². The zero-order chi connectivity index (χ0) is 10.8. The van der Waals surface area contributed by atoms with E-state index in [-0.39, 0.29) is 5.78 Å². The van der Waals surface area contributed by atoms with Crippen molar-refractivity contribution in [1.29, 1.82) is 0 Å². The minimum absolute atomic E-state index is 0.232. The number of carbonyl (C=O) groups is 2. The van der Waals surface area contributed by atoms with Crippen LogP contribution in [-0.4, -0.2) is 23.8 Å². The van der Waals surface area contributed by atoms with E-state index in [4.69, 9.17) is 0 Å². The van der Waals surface area contributed by atoms with Gasteiger partial charge in [-0.2, -0.15) is 0 Å². The highest BCUT2D eigenvalue weighted by molar-refractivity contribution is 5.88. The van der Waals surface area contributed by atoms with Gasteiger partial charge in [0.05, 0.1) is 7.11 Å². The summed E-state index contributed by atoms with van der Waals surface area (Å²) in [4.78, 5) is 26.6. The summed E-state index contributed by atoms with van der Waals surface area (Å²) in [6, 6.07) is 3.38. The number of Topliss-reactive ketones (excluding diaryl/α,β-unsaturated/α-hetero) is 1. The molecule has 1 aliphatic carbocycles. The number of rotatable bonds is 1. The van der Waals surface area contributed by atoms with Crippen molar-refractivity contribution in [2.45, 2.75) is 19.3 Å². The molecule has 0 amide bonds. The Morgan fingerprint density at radius 3 is 2.93 bits per heavy atom. The highest BCUT2D eigenvalue weighted by atomic mass is 16.5. The quantitative estimate of drug-likeness (QED) is 0.640. The number of fused-ring (bicyclic) bond motifs is 1. The molecule has 15 heavy (non-hydrogen) atoms. The van der Waals surface area contributed by atoms with Crippen molar-refractivity contribution >= 4 is 11.8 Å². The fourth-order valence-electron chi connectivity index (χ4n) is 1.68. The summed E-state index contributed by atoms with van der Waals surface area (Å²) in [5.74, 6) is -0.204. The first-order valence-corrected chi connectivity index (χ1v) is 4.79. The van der Waals surface area contributed by atoms with Crippen molar-refractivity contribution in [1.82, 2.24) is 4.98 Å². The Kier molecular flexibility index (Phi) is 2.49. The molecule has 0 N–H and O–H groups in total. The van der Waals surface area contributed by atoms with E-state index < -0.39 is 5.97 Å². The monoisotopic (exact) mass is 205 g/mol. The van der Waals surface area contributed by atoms with Crippen LogP contribution >= 0.6 is 0 Å². The van der Waals surface area contributed by atoms with Crippen LogP contribution in [0.15, 0.2) is 12.1 Å². The third kappa shape index (κ3) is 1.88. The fourth-order valence-corrected chi connectivity index (χ4v) is 1.68. The summed E-state index contributed by atoms with van der Waals surface area (Å²) < 4.78 is 4.58. The van der Waals surface area contributed by atoms with Crippen molar-refractivity contribution < 1.29 is 14.3 Å². The van der Waals surface area contributed by atoms with Crippen molar-refractivity contribution in [3.05, 3.63) is 29.1 Å². The number of hydrogen-bond acceptors (Lipinski definition) is 4. The molecule has 0 spiro atoms. The Hall–Kier alpha value is -1.71. The van der Waals surface area contributed by atoms with Crippen LogP contribution in [0.5, 0.6) is 0 Å². The van der Waals surface area contributed by atoms with Crippen LogP contribution in [0.25, 0.3) is 0 Å². The molecule has 0 fully saturated rings. The first kappa shape index (κ1) is 9.83. The number of nitrogens with zero attached hydrogens (tertiary/aromatic N) is 1. The summed E-state index contributed by atoms with van der Waals surface area (Å²) in [6.45, 7) is 0.